The van der Waals surface area contributed by atoms with Crippen molar-refractivity contribution in [2.75, 3.05) is 6.54 Å². The molecule has 2 aromatic rings. The van der Waals surface area contributed by atoms with Gasteiger partial charge < -0.3 is 10.5 Å². The smallest absolute Gasteiger partial charge is 0.147 e. The lowest BCUT2D eigenvalue weighted by molar-refractivity contribution is 0.476. The Hall–Kier alpha value is -0.930. The number of halogens is 3. The van der Waals surface area contributed by atoms with Crippen LogP contribution in [0.3, 0.4) is 0 Å². The Morgan fingerprint density at radius 2 is 1.58 bits per heavy atom. The minimum atomic E-state index is 0.498. The van der Waals surface area contributed by atoms with Gasteiger partial charge in [-0.2, -0.15) is 0 Å². The first kappa shape index (κ1) is 14.5. The third kappa shape index (κ3) is 3.77. The molecular formula is C14H12Cl3NO. The molecule has 0 atom stereocenters. The van der Waals surface area contributed by atoms with E-state index in [2.05, 4.69) is 0 Å². The van der Waals surface area contributed by atoms with Crippen LogP contribution in [0.1, 0.15) is 5.56 Å². The van der Waals surface area contributed by atoms with Crippen LogP contribution < -0.4 is 10.5 Å². The molecule has 0 aliphatic carbocycles. The summed E-state index contributed by atoms with van der Waals surface area (Å²) >= 11 is 18.0. The molecule has 0 aromatic heterocycles. The maximum absolute atomic E-state index is 6.07. The SMILES string of the molecule is NCCc1cc(Cl)ccc1Oc1cc(Cl)ccc1Cl. The second-order valence-corrected chi connectivity index (χ2v) is 5.25. The number of nitrogens with two attached hydrogens (primary N) is 1. The Labute approximate surface area is 127 Å². The summed E-state index contributed by atoms with van der Waals surface area (Å²) in [6.45, 7) is 0.514. The number of ether oxygens (including phenoxy) is 1. The Bertz CT molecular complexity index is 587. The molecule has 2 rings (SSSR count). The lowest BCUT2D eigenvalue weighted by Crippen LogP contribution is -2.04. The van der Waals surface area contributed by atoms with E-state index in [9.17, 15) is 0 Å². The van der Waals surface area contributed by atoms with Crippen LogP contribution in [0.15, 0.2) is 36.4 Å². The molecule has 0 fully saturated rings. The highest BCUT2D eigenvalue weighted by molar-refractivity contribution is 6.34. The molecule has 5 heteroatoms. The number of benzene rings is 2. The molecule has 2 N–H and O–H groups in total. The molecule has 0 radical (unpaired) electrons. The van der Waals surface area contributed by atoms with E-state index in [0.29, 0.717) is 39.5 Å². The lowest BCUT2D eigenvalue weighted by atomic mass is 10.1. The van der Waals surface area contributed by atoms with Crippen molar-refractivity contribution in [2.24, 2.45) is 5.73 Å². The van der Waals surface area contributed by atoms with Gasteiger partial charge in [0.2, 0.25) is 0 Å². The van der Waals surface area contributed by atoms with E-state index in [1.165, 1.54) is 0 Å². The molecule has 19 heavy (non-hydrogen) atoms. The van der Waals surface area contributed by atoms with Gasteiger partial charge in [0.25, 0.3) is 0 Å². The van der Waals surface area contributed by atoms with Gasteiger partial charge in [0.05, 0.1) is 5.02 Å². The molecule has 0 heterocycles. The van der Waals surface area contributed by atoms with E-state index in [0.717, 1.165) is 5.56 Å². The summed E-state index contributed by atoms with van der Waals surface area (Å²) in [5, 5.41) is 1.71. The average molecular weight is 317 g/mol. The van der Waals surface area contributed by atoms with Crippen LogP contribution in [0.4, 0.5) is 0 Å². The van der Waals surface area contributed by atoms with E-state index < -0.39 is 0 Å². The summed E-state index contributed by atoms with van der Waals surface area (Å²) in [5.74, 6) is 1.19. The topological polar surface area (TPSA) is 35.2 Å². The predicted octanol–water partition coefficient (Wildman–Crippen LogP) is 4.94. The summed E-state index contributed by atoms with van der Waals surface area (Å²) < 4.78 is 5.80. The third-order valence-electron chi connectivity index (χ3n) is 2.55. The van der Waals surface area contributed by atoms with Crippen LogP contribution >= 0.6 is 34.8 Å². The van der Waals surface area contributed by atoms with E-state index in [4.69, 9.17) is 45.3 Å². The quantitative estimate of drug-likeness (QED) is 0.867. The summed E-state index contributed by atoms with van der Waals surface area (Å²) in [6.07, 6.45) is 0.675. The molecule has 0 aliphatic rings. The highest BCUT2D eigenvalue weighted by Gasteiger charge is 2.09. The molecule has 100 valence electrons. The zero-order chi connectivity index (χ0) is 13.8. The van der Waals surface area contributed by atoms with Crippen molar-refractivity contribution in [1.82, 2.24) is 0 Å². The van der Waals surface area contributed by atoms with Crippen molar-refractivity contribution in [1.29, 1.82) is 0 Å². The molecule has 0 amide bonds. The minimum absolute atomic E-state index is 0.498. The average Bonchev–Trinajstić information content (AvgIpc) is 2.37. The van der Waals surface area contributed by atoms with Gasteiger partial charge in [-0.15, -0.1) is 0 Å². The van der Waals surface area contributed by atoms with Gasteiger partial charge >= 0.3 is 0 Å². The van der Waals surface area contributed by atoms with Crippen molar-refractivity contribution in [3.63, 3.8) is 0 Å². The Kier molecular flexibility index (Phi) is 4.94. The van der Waals surface area contributed by atoms with E-state index in [1.807, 2.05) is 6.07 Å². The molecule has 2 aromatic carbocycles. The molecule has 0 saturated heterocycles. The molecule has 2 nitrogen and oxygen atoms in total. The first-order valence-electron chi connectivity index (χ1n) is 5.71. The number of hydrogen-bond acceptors (Lipinski definition) is 2. The predicted molar refractivity (Wildman–Crippen MR) is 80.7 cm³/mol. The molecular weight excluding hydrogens is 305 g/mol. The van der Waals surface area contributed by atoms with Gasteiger partial charge in [0.1, 0.15) is 11.5 Å². The van der Waals surface area contributed by atoms with Gasteiger partial charge in [-0.25, -0.2) is 0 Å². The third-order valence-corrected chi connectivity index (χ3v) is 3.33. The van der Waals surface area contributed by atoms with E-state index in [-0.39, 0.29) is 0 Å². The van der Waals surface area contributed by atoms with Crippen molar-refractivity contribution in [2.45, 2.75) is 6.42 Å². The second-order valence-electron chi connectivity index (χ2n) is 3.97. The van der Waals surface area contributed by atoms with Gasteiger partial charge in [-0.3, -0.25) is 0 Å². The van der Waals surface area contributed by atoms with Gasteiger partial charge in [-0.05, 0) is 48.9 Å². The highest BCUT2D eigenvalue weighted by Crippen LogP contribution is 2.34. The summed E-state index contributed by atoms with van der Waals surface area (Å²) in [7, 11) is 0. The fourth-order valence-electron chi connectivity index (χ4n) is 1.67. The van der Waals surface area contributed by atoms with E-state index >= 15 is 0 Å². The van der Waals surface area contributed by atoms with Crippen molar-refractivity contribution in [3.05, 3.63) is 57.0 Å². The first-order chi connectivity index (χ1) is 9.10. The van der Waals surface area contributed by atoms with Crippen LogP contribution in [-0.4, -0.2) is 6.54 Å². The van der Waals surface area contributed by atoms with Crippen molar-refractivity contribution in [3.8, 4) is 11.5 Å². The molecule has 0 aliphatic heterocycles. The lowest BCUT2D eigenvalue weighted by Gasteiger charge is -2.12. The summed E-state index contributed by atoms with van der Waals surface area (Å²) in [5.41, 5.74) is 6.52. The normalized spacial score (nSPS) is 10.5. The maximum atomic E-state index is 6.07. The van der Waals surface area contributed by atoms with Crippen LogP contribution in [0.25, 0.3) is 0 Å². The Balaban J connectivity index is 2.34. The highest BCUT2D eigenvalue weighted by atomic mass is 35.5. The summed E-state index contributed by atoms with van der Waals surface area (Å²) in [6, 6.07) is 10.5. The maximum Gasteiger partial charge on any atom is 0.147 e. The van der Waals surface area contributed by atoms with Gasteiger partial charge in [-0.1, -0.05) is 34.8 Å². The molecule has 0 bridgehead atoms. The van der Waals surface area contributed by atoms with Crippen LogP contribution in [0, 0.1) is 0 Å². The van der Waals surface area contributed by atoms with E-state index in [1.54, 1.807) is 30.3 Å². The summed E-state index contributed by atoms with van der Waals surface area (Å²) in [4.78, 5) is 0. The number of hydrogen-bond donors (Lipinski definition) is 1. The fraction of sp³-hybridized carbons (Fsp3) is 0.143. The molecule has 0 spiro atoms. The first-order valence-corrected chi connectivity index (χ1v) is 6.85. The Morgan fingerprint density at radius 1 is 0.895 bits per heavy atom. The van der Waals surface area contributed by atoms with Crippen molar-refractivity contribution >= 4 is 34.8 Å². The van der Waals surface area contributed by atoms with Crippen molar-refractivity contribution < 1.29 is 4.74 Å². The fourth-order valence-corrected chi connectivity index (χ4v) is 2.19. The molecule has 0 unspecified atom stereocenters. The van der Waals surface area contributed by atoms with Crippen LogP contribution in [0.5, 0.6) is 11.5 Å². The standard InChI is InChI=1S/C14H12Cl3NO/c15-10-2-4-13(9(7-10)5-6-18)19-14-8-11(16)1-3-12(14)17/h1-4,7-8H,5-6,18H2. The Morgan fingerprint density at radius 3 is 2.32 bits per heavy atom. The van der Waals surface area contributed by atoms with Gasteiger partial charge in [0, 0.05) is 16.1 Å². The van der Waals surface area contributed by atoms with Gasteiger partial charge in [0.15, 0.2) is 0 Å². The monoisotopic (exact) mass is 315 g/mol. The number of rotatable bonds is 4. The zero-order valence-corrected chi connectivity index (χ0v) is 12.3. The van der Waals surface area contributed by atoms with Crippen LogP contribution in [-0.2, 0) is 6.42 Å². The van der Waals surface area contributed by atoms with Crippen LogP contribution in [0.2, 0.25) is 15.1 Å². The largest absolute Gasteiger partial charge is 0.455 e. The zero-order valence-electron chi connectivity index (χ0n) is 10.00. The molecule has 0 saturated carbocycles. The minimum Gasteiger partial charge on any atom is -0.455 e. The second kappa shape index (κ2) is 6.49.